The van der Waals surface area contributed by atoms with Crippen LogP contribution in [-0.2, 0) is 5.41 Å². The van der Waals surface area contributed by atoms with Crippen LogP contribution < -0.4 is 0 Å². The molecular formula is C22H20Br4O2. The van der Waals surface area contributed by atoms with E-state index in [0.29, 0.717) is 11.8 Å². The molecule has 148 valence electrons. The van der Waals surface area contributed by atoms with Crippen LogP contribution in [-0.4, -0.2) is 10.2 Å². The van der Waals surface area contributed by atoms with E-state index in [-0.39, 0.29) is 16.9 Å². The molecule has 2 aromatic carbocycles. The number of benzene rings is 2. The quantitative estimate of drug-likeness (QED) is 0.352. The summed E-state index contributed by atoms with van der Waals surface area (Å²) in [6, 6.07) is 8.43. The first kappa shape index (κ1) is 19.9. The molecule has 0 spiro atoms. The van der Waals surface area contributed by atoms with Crippen molar-refractivity contribution in [2.45, 2.75) is 37.5 Å². The molecule has 2 N–H and O–H groups in total. The van der Waals surface area contributed by atoms with E-state index in [4.69, 9.17) is 0 Å². The fourth-order valence-electron chi connectivity index (χ4n) is 6.65. The van der Waals surface area contributed by atoms with Gasteiger partial charge in [0.1, 0.15) is 11.5 Å². The molecule has 0 radical (unpaired) electrons. The lowest BCUT2D eigenvalue weighted by atomic mass is 9.42. The fraction of sp³-hybridized carbons (Fsp3) is 0.455. The summed E-state index contributed by atoms with van der Waals surface area (Å²) in [6.45, 7) is 0. The molecule has 0 saturated heterocycles. The highest BCUT2D eigenvalue weighted by molar-refractivity contribution is 9.11. The van der Waals surface area contributed by atoms with Crippen molar-refractivity contribution in [1.29, 1.82) is 0 Å². The molecule has 4 bridgehead atoms. The van der Waals surface area contributed by atoms with Crippen molar-refractivity contribution in [3.8, 4) is 11.5 Å². The van der Waals surface area contributed by atoms with Gasteiger partial charge < -0.3 is 10.2 Å². The molecule has 4 fully saturated rings. The van der Waals surface area contributed by atoms with Gasteiger partial charge >= 0.3 is 0 Å². The number of aromatic hydroxyl groups is 2. The fourth-order valence-corrected chi connectivity index (χ4v) is 9.02. The summed E-state index contributed by atoms with van der Waals surface area (Å²) in [6.07, 6.45) is 6.45. The van der Waals surface area contributed by atoms with Crippen molar-refractivity contribution >= 4 is 63.7 Å². The smallest absolute Gasteiger partial charge is 0.143 e. The summed E-state index contributed by atoms with van der Waals surface area (Å²) < 4.78 is 2.90. The molecule has 4 aliphatic carbocycles. The van der Waals surface area contributed by atoms with Crippen LogP contribution in [0.15, 0.2) is 42.2 Å². The molecule has 0 amide bonds. The topological polar surface area (TPSA) is 40.5 Å². The van der Waals surface area contributed by atoms with Crippen molar-refractivity contribution in [2.75, 3.05) is 0 Å². The van der Waals surface area contributed by atoms with Gasteiger partial charge in [-0.25, -0.2) is 0 Å². The van der Waals surface area contributed by atoms with Crippen molar-refractivity contribution in [3.05, 3.63) is 53.3 Å². The minimum absolute atomic E-state index is 0.106. The molecule has 0 aromatic heterocycles. The summed E-state index contributed by atoms with van der Waals surface area (Å²) >= 11 is 14.3. The normalized spacial score (nSPS) is 30.0. The molecule has 2 nitrogen and oxygen atoms in total. The molecular weight excluding hydrogens is 616 g/mol. The van der Waals surface area contributed by atoms with Crippen LogP contribution >= 0.6 is 63.7 Å². The second-order valence-electron chi connectivity index (χ2n) is 8.75. The van der Waals surface area contributed by atoms with Gasteiger partial charge in [0.05, 0.1) is 17.9 Å². The number of hydrogen-bond acceptors (Lipinski definition) is 2. The van der Waals surface area contributed by atoms with Gasteiger partial charge in [-0.3, -0.25) is 0 Å². The van der Waals surface area contributed by atoms with Crippen molar-refractivity contribution in [1.82, 2.24) is 0 Å². The predicted octanol–water partition coefficient (Wildman–Crippen LogP) is 7.89. The lowest BCUT2D eigenvalue weighted by Crippen LogP contribution is -2.56. The molecule has 0 aliphatic heterocycles. The highest BCUT2D eigenvalue weighted by atomic mass is 79.9. The van der Waals surface area contributed by atoms with Crippen molar-refractivity contribution in [2.24, 2.45) is 23.7 Å². The number of phenolic OH excluding ortho intramolecular Hbond substituents is 2. The minimum Gasteiger partial charge on any atom is -0.506 e. The Morgan fingerprint density at radius 2 is 0.929 bits per heavy atom. The monoisotopic (exact) mass is 632 g/mol. The van der Waals surface area contributed by atoms with Gasteiger partial charge in [-0.1, -0.05) is 0 Å². The zero-order valence-electron chi connectivity index (χ0n) is 15.1. The van der Waals surface area contributed by atoms with Crippen LogP contribution in [0.3, 0.4) is 0 Å². The molecule has 0 atom stereocenters. The average Bonchev–Trinajstić information content (AvgIpc) is 2.63. The van der Waals surface area contributed by atoms with Gasteiger partial charge in [-0.05, 0) is 155 Å². The van der Waals surface area contributed by atoms with E-state index in [2.05, 4.69) is 88.0 Å². The van der Waals surface area contributed by atoms with Crippen LogP contribution in [0.2, 0.25) is 0 Å². The Hall–Kier alpha value is -0.0400. The Labute approximate surface area is 198 Å². The minimum atomic E-state index is -0.106. The highest BCUT2D eigenvalue weighted by Gasteiger charge is 2.58. The second-order valence-corrected chi connectivity index (χ2v) is 12.2. The lowest BCUT2D eigenvalue weighted by molar-refractivity contribution is -0.0419. The third-order valence-electron chi connectivity index (χ3n) is 7.42. The van der Waals surface area contributed by atoms with Crippen LogP contribution in [0, 0.1) is 23.7 Å². The first-order valence-electron chi connectivity index (χ1n) is 9.67. The number of rotatable bonds is 2. The molecule has 4 aliphatic rings. The van der Waals surface area contributed by atoms with Gasteiger partial charge in [0.15, 0.2) is 0 Å². The molecule has 0 heterocycles. The van der Waals surface area contributed by atoms with E-state index in [1.54, 1.807) is 0 Å². The second kappa shape index (κ2) is 7.00. The molecule has 2 aromatic rings. The summed E-state index contributed by atoms with van der Waals surface area (Å²) in [5.41, 5.74) is 2.40. The van der Waals surface area contributed by atoms with Gasteiger partial charge in [0.25, 0.3) is 0 Å². The molecule has 6 heteroatoms. The first-order chi connectivity index (χ1) is 13.3. The maximum Gasteiger partial charge on any atom is 0.143 e. The summed E-state index contributed by atoms with van der Waals surface area (Å²) in [4.78, 5) is 0. The zero-order valence-corrected chi connectivity index (χ0v) is 21.4. The standard InChI is InChI=1S/C22H20Br4O2/c23-16-6-14(7-17(24)20(16)27)22(15-8-18(25)21(28)19(26)9-15)12-2-10-1-11(4-12)5-13(22)3-10/h6-13,27-28H,1-5H2. The van der Waals surface area contributed by atoms with Gasteiger partial charge in [0.2, 0.25) is 0 Å². The summed E-state index contributed by atoms with van der Waals surface area (Å²) in [7, 11) is 0. The average molecular weight is 636 g/mol. The maximum absolute atomic E-state index is 10.3. The Balaban J connectivity index is 1.79. The lowest BCUT2D eigenvalue weighted by Gasteiger charge is -2.62. The van der Waals surface area contributed by atoms with Crippen LogP contribution in [0.1, 0.15) is 43.2 Å². The van der Waals surface area contributed by atoms with Crippen molar-refractivity contribution in [3.63, 3.8) is 0 Å². The number of phenols is 2. The Bertz CT molecular complexity index is 837. The van der Waals surface area contributed by atoms with E-state index < -0.39 is 0 Å². The van der Waals surface area contributed by atoms with E-state index in [1.807, 2.05) is 0 Å². The highest BCUT2D eigenvalue weighted by Crippen LogP contribution is 2.66. The largest absolute Gasteiger partial charge is 0.506 e. The third-order valence-corrected chi connectivity index (χ3v) is 9.83. The van der Waals surface area contributed by atoms with Crippen LogP contribution in [0.25, 0.3) is 0 Å². The Morgan fingerprint density at radius 3 is 1.25 bits per heavy atom. The van der Waals surface area contributed by atoms with Gasteiger partial charge in [-0.2, -0.15) is 0 Å². The maximum atomic E-state index is 10.3. The predicted molar refractivity (Wildman–Crippen MR) is 125 cm³/mol. The number of halogens is 4. The third kappa shape index (κ3) is 2.80. The van der Waals surface area contributed by atoms with Gasteiger partial charge in [-0.15, -0.1) is 0 Å². The molecule has 28 heavy (non-hydrogen) atoms. The van der Waals surface area contributed by atoms with Gasteiger partial charge in [0, 0.05) is 5.41 Å². The molecule has 0 unspecified atom stereocenters. The summed E-state index contributed by atoms with van der Waals surface area (Å²) in [5.74, 6) is 3.35. The zero-order chi connectivity index (χ0) is 19.8. The summed E-state index contributed by atoms with van der Waals surface area (Å²) in [5, 5.41) is 20.6. The Kier molecular flexibility index (Phi) is 4.97. The number of hydrogen-bond donors (Lipinski definition) is 2. The molecule has 6 rings (SSSR count). The molecule has 4 saturated carbocycles. The van der Waals surface area contributed by atoms with E-state index >= 15 is 0 Å². The van der Waals surface area contributed by atoms with E-state index in [9.17, 15) is 10.2 Å². The van der Waals surface area contributed by atoms with Crippen LogP contribution in [0.5, 0.6) is 11.5 Å². The van der Waals surface area contributed by atoms with E-state index in [1.165, 1.54) is 43.2 Å². The SMILES string of the molecule is Oc1c(Br)cc(C2(c3cc(Br)c(O)c(Br)c3)C3CC4CC(C3)CC2C4)cc1Br. The van der Waals surface area contributed by atoms with E-state index in [0.717, 1.165) is 29.7 Å². The Morgan fingerprint density at radius 1 is 0.607 bits per heavy atom. The van der Waals surface area contributed by atoms with Crippen molar-refractivity contribution < 1.29 is 10.2 Å². The first-order valence-corrected chi connectivity index (χ1v) is 12.8. The van der Waals surface area contributed by atoms with Crippen LogP contribution in [0.4, 0.5) is 0 Å².